The van der Waals surface area contributed by atoms with Gasteiger partial charge in [-0.1, -0.05) is 48.9 Å². The molecule has 15 heteroatoms. The minimum Gasteiger partial charge on any atom is -0.384 e. The number of rotatable bonds is 10. The van der Waals surface area contributed by atoms with Crippen LogP contribution in [-0.2, 0) is 36.1 Å². The third-order valence-electron chi connectivity index (χ3n) is 13.9. The van der Waals surface area contributed by atoms with Gasteiger partial charge in [-0.15, -0.1) is 0 Å². The van der Waals surface area contributed by atoms with Gasteiger partial charge in [0.15, 0.2) is 5.72 Å². The van der Waals surface area contributed by atoms with Crippen molar-refractivity contribution in [1.82, 2.24) is 29.6 Å². The first kappa shape index (κ1) is 38.3. The first-order chi connectivity index (χ1) is 30.0. The topological polar surface area (TPSA) is 173 Å². The van der Waals surface area contributed by atoms with Crippen LogP contribution in [0.5, 0.6) is 0 Å². The Morgan fingerprint density at radius 3 is 2.44 bits per heavy atom. The number of fused-ring (bicyclic) bond motifs is 14. The number of benzene rings is 4. The maximum atomic E-state index is 14.2. The predicted octanol–water partition coefficient (Wildman–Crippen LogP) is 5.67. The third kappa shape index (κ3) is 5.24. The Bertz CT molecular complexity index is 3000. The van der Waals surface area contributed by atoms with E-state index in [9.17, 15) is 28.8 Å². The number of nitrogens with zero attached hydrogens (tertiary/aromatic N) is 4. The third-order valence-corrected chi connectivity index (χ3v) is 13.9. The quantitative estimate of drug-likeness (QED) is 0.116. The van der Waals surface area contributed by atoms with Crippen molar-refractivity contribution in [3.05, 3.63) is 89.0 Å². The van der Waals surface area contributed by atoms with Gasteiger partial charge in [-0.05, 0) is 56.0 Å². The molecule has 2 saturated heterocycles. The zero-order valence-electron chi connectivity index (χ0n) is 34.6. The summed E-state index contributed by atoms with van der Waals surface area (Å²) >= 11 is 0. The Labute approximate surface area is 355 Å². The molecule has 6 aromatic rings. The number of amides is 6. The number of methoxy groups -OCH3 is 1. The van der Waals surface area contributed by atoms with Crippen LogP contribution in [0.2, 0.25) is 0 Å². The summed E-state index contributed by atoms with van der Waals surface area (Å²) < 4.78 is 18.2. The number of hydrogen-bond acceptors (Lipinski definition) is 9. The van der Waals surface area contributed by atoms with Crippen molar-refractivity contribution < 1.29 is 38.2 Å². The number of hydrogen-bond donors (Lipinski definition) is 3. The van der Waals surface area contributed by atoms with E-state index in [-0.39, 0.29) is 41.8 Å². The number of anilines is 1. The number of para-hydroxylation sites is 2. The number of ether oxygens (including phenoxy) is 2. The van der Waals surface area contributed by atoms with Gasteiger partial charge in [0.1, 0.15) is 18.4 Å². The average molecular weight is 836 g/mol. The molecule has 1 unspecified atom stereocenters. The highest BCUT2D eigenvalue weighted by atomic mass is 16.6. The van der Waals surface area contributed by atoms with Gasteiger partial charge in [-0.2, -0.15) is 0 Å². The molecule has 5 atom stereocenters. The molecule has 2 bridgehead atoms. The van der Waals surface area contributed by atoms with Gasteiger partial charge in [-0.3, -0.25) is 39.0 Å². The van der Waals surface area contributed by atoms with E-state index < -0.39 is 47.7 Å². The summed E-state index contributed by atoms with van der Waals surface area (Å²) in [6.07, 6.45) is 1.94. The van der Waals surface area contributed by atoms with E-state index in [1.54, 1.807) is 25.3 Å². The fraction of sp³-hybridized carbons (Fsp3) is 0.362. The first-order valence-electron chi connectivity index (χ1n) is 21.4. The number of aromatic nitrogens is 2. The summed E-state index contributed by atoms with van der Waals surface area (Å²) in [5.74, 6) is -2.27. The van der Waals surface area contributed by atoms with Gasteiger partial charge in [0.2, 0.25) is 17.7 Å². The minimum atomic E-state index is -1.05. The molecule has 2 aromatic heterocycles. The van der Waals surface area contributed by atoms with E-state index in [0.29, 0.717) is 50.0 Å². The van der Waals surface area contributed by atoms with E-state index >= 15 is 0 Å². The van der Waals surface area contributed by atoms with Crippen LogP contribution < -0.4 is 16.0 Å². The van der Waals surface area contributed by atoms with Crippen molar-refractivity contribution in [2.45, 2.75) is 88.6 Å². The molecule has 3 N–H and O–H groups in total. The van der Waals surface area contributed by atoms with E-state index in [0.717, 1.165) is 60.5 Å². The Hall–Kier alpha value is -6.58. The van der Waals surface area contributed by atoms with Gasteiger partial charge in [0, 0.05) is 73.7 Å². The number of imide groups is 2. The van der Waals surface area contributed by atoms with E-state index in [2.05, 4.69) is 56.3 Å². The van der Waals surface area contributed by atoms with Crippen molar-refractivity contribution in [2.75, 3.05) is 26.0 Å². The Balaban J connectivity index is 0.834. The SMILES string of the molecule is CO[C@@H]1[C@H](N(C)C(=O)CCCCCNc2cccc3c2C(=O)N(C2CCC(=O)NC2=O)C3=O)C[C@H]2O[C@]1(C)n1c3ccccc3c3c4c(c5c6ccccc6n2c5c31)C(=O)NC4. The van der Waals surface area contributed by atoms with Gasteiger partial charge < -0.3 is 34.1 Å². The largest absolute Gasteiger partial charge is 0.384 e. The highest BCUT2D eigenvalue weighted by Gasteiger charge is 2.55. The average Bonchev–Trinajstić information content (AvgIpc) is 3.98. The van der Waals surface area contributed by atoms with Crippen LogP contribution in [0.25, 0.3) is 43.6 Å². The van der Waals surface area contributed by atoms with Crippen LogP contribution in [0, 0.1) is 0 Å². The zero-order valence-corrected chi connectivity index (χ0v) is 34.6. The van der Waals surface area contributed by atoms with Gasteiger partial charge in [0.05, 0.1) is 44.8 Å². The monoisotopic (exact) mass is 835 g/mol. The molecule has 11 rings (SSSR count). The van der Waals surface area contributed by atoms with Crippen molar-refractivity contribution in [2.24, 2.45) is 0 Å². The van der Waals surface area contributed by atoms with E-state index in [4.69, 9.17) is 9.47 Å². The Morgan fingerprint density at radius 2 is 1.66 bits per heavy atom. The van der Waals surface area contributed by atoms with Crippen molar-refractivity contribution in [3.8, 4) is 0 Å². The molecule has 0 saturated carbocycles. The molecule has 5 aliphatic rings. The first-order valence-corrected chi connectivity index (χ1v) is 21.4. The standard InChI is InChI=1S/C47H45N7O8/c1-47-42(61-3)32(51(2)34(56)18-5-4-10-21-48-28-15-11-14-26-37(28)46(60)53(45(26)59)31-19-20-33(55)50-43(31)57)22-35(62-47)52-29-16-8-6-12-24(29)38-39-27(23-49-44(39)58)36-25-13-7-9-17-30(25)54(47)41(36)40(38)52/h6-9,11-17,31-32,35,42,48H,4-5,10,18-23H2,1-3H3,(H,49,58)(H,50,55,57)/t31?,32-,35-,42-,47+/m1/s1. The Kier molecular flexibility index (Phi) is 8.64. The lowest BCUT2D eigenvalue weighted by Gasteiger charge is -2.50. The normalized spacial score (nSPS) is 24.0. The molecule has 0 aliphatic carbocycles. The molecule has 4 aromatic carbocycles. The summed E-state index contributed by atoms with van der Waals surface area (Å²) in [4.78, 5) is 81.8. The summed E-state index contributed by atoms with van der Waals surface area (Å²) in [6, 6.07) is 20.0. The molecule has 0 spiro atoms. The van der Waals surface area contributed by atoms with Gasteiger partial charge in [-0.25, -0.2) is 0 Å². The van der Waals surface area contributed by atoms with Crippen LogP contribution >= 0.6 is 0 Å². The van der Waals surface area contributed by atoms with Crippen LogP contribution in [0.3, 0.4) is 0 Å². The van der Waals surface area contributed by atoms with Crippen molar-refractivity contribution >= 4 is 84.7 Å². The molecule has 6 amide bonds. The van der Waals surface area contributed by atoms with Crippen molar-refractivity contribution in [1.29, 1.82) is 0 Å². The maximum absolute atomic E-state index is 14.2. The smallest absolute Gasteiger partial charge is 0.264 e. The van der Waals surface area contributed by atoms with E-state index in [1.165, 1.54) is 0 Å². The minimum absolute atomic E-state index is 0.0102. The number of piperidine rings is 1. The number of nitrogens with one attached hydrogen (secondary N) is 3. The lowest BCUT2D eigenvalue weighted by molar-refractivity contribution is -0.266. The molecule has 62 heavy (non-hydrogen) atoms. The second kappa shape index (κ2) is 14.0. The summed E-state index contributed by atoms with van der Waals surface area (Å²) in [7, 11) is 3.53. The summed E-state index contributed by atoms with van der Waals surface area (Å²) in [5.41, 5.74) is 5.45. The lowest BCUT2D eigenvalue weighted by atomic mass is 9.91. The van der Waals surface area contributed by atoms with Crippen LogP contribution in [-0.4, -0.2) is 93.3 Å². The second-order valence-electron chi connectivity index (χ2n) is 17.2. The van der Waals surface area contributed by atoms with Crippen molar-refractivity contribution in [3.63, 3.8) is 0 Å². The second-order valence-corrected chi connectivity index (χ2v) is 17.2. The van der Waals surface area contributed by atoms with E-state index in [1.807, 2.05) is 36.2 Å². The molecular weight excluding hydrogens is 791 g/mol. The summed E-state index contributed by atoms with van der Waals surface area (Å²) in [5, 5.41) is 12.6. The highest BCUT2D eigenvalue weighted by Crippen LogP contribution is 2.54. The molecule has 7 heterocycles. The van der Waals surface area contributed by atoms with Gasteiger partial charge >= 0.3 is 0 Å². The van der Waals surface area contributed by atoms with Gasteiger partial charge in [0.25, 0.3) is 17.7 Å². The number of carbonyl (C=O) groups is 6. The molecular formula is C47H45N7O8. The molecule has 0 radical (unpaired) electrons. The predicted molar refractivity (Wildman–Crippen MR) is 229 cm³/mol. The molecule has 316 valence electrons. The van der Waals surface area contributed by atoms with Crippen LogP contribution in [0.4, 0.5) is 5.69 Å². The number of carbonyl (C=O) groups excluding carboxylic acids is 6. The number of unbranched alkanes of at least 4 members (excludes halogenated alkanes) is 2. The highest BCUT2D eigenvalue weighted by molar-refractivity contribution is 6.31. The molecule has 5 aliphatic heterocycles. The van der Waals surface area contributed by atoms with Crippen LogP contribution in [0.15, 0.2) is 66.7 Å². The lowest BCUT2D eigenvalue weighted by Crippen LogP contribution is -2.61. The maximum Gasteiger partial charge on any atom is 0.264 e. The fourth-order valence-electron chi connectivity index (χ4n) is 11.2. The summed E-state index contributed by atoms with van der Waals surface area (Å²) in [6.45, 7) is 2.99. The fourth-order valence-corrected chi connectivity index (χ4v) is 11.2. The molecule has 2 fully saturated rings. The molecule has 15 nitrogen and oxygen atoms in total. The zero-order chi connectivity index (χ0) is 42.8. The number of likely N-dealkylation sites (N-methyl/N-ethyl adjacent to an activating group) is 1. The Morgan fingerprint density at radius 1 is 0.903 bits per heavy atom. The van der Waals surface area contributed by atoms with Crippen LogP contribution in [0.1, 0.15) is 94.7 Å².